The number of rotatable bonds is 5. The van der Waals surface area contributed by atoms with E-state index in [1.165, 1.54) is 32.1 Å². The molecule has 2 aromatic rings. The van der Waals surface area contributed by atoms with Crippen LogP contribution in [0.5, 0.6) is 11.5 Å². The number of aliphatic hydroxyl groups is 1. The van der Waals surface area contributed by atoms with Crippen LogP contribution in [0, 0.1) is 5.92 Å². The summed E-state index contributed by atoms with van der Waals surface area (Å²) in [6.07, 6.45) is 8.65. The Morgan fingerprint density at radius 2 is 1.60 bits per heavy atom. The van der Waals surface area contributed by atoms with E-state index in [9.17, 15) is 9.90 Å². The molecule has 30 heavy (non-hydrogen) atoms. The van der Waals surface area contributed by atoms with Gasteiger partial charge < -0.3 is 20.1 Å². The second-order valence-corrected chi connectivity index (χ2v) is 8.79. The number of hydrogen-bond acceptors (Lipinski definition) is 3. The molecule has 1 aliphatic carbocycles. The number of urea groups is 1. The van der Waals surface area contributed by atoms with Crippen molar-refractivity contribution < 1.29 is 14.6 Å². The van der Waals surface area contributed by atoms with Gasteiger partial charge in [-0.2, -0.15) is 0 Å². The molecule has 160 valence electrons. The number of likely N-dealkylation sites (tertiary alicyclic amines) is 1. The first-order valence-corrected chi connectivity index (χ1v) is 11.2. The molecule has 0 unspecified atom stereocenters. The van der Waals surface area contributed by atoms with Crippen LogP contribution in [0.15, 0.2) is 54.6 Å². The molecule has 1 aliphatic heterocycles. The van der Waals surface area contributed by atoms with Crippen LogP contribution in [0.2, 0.25) is 0 Å². The zero-order chi connectivity index (χ0) is 20.8. The molecule has 1 heterocycles. The van der Waals surface area contributed by atoms with E-state index in [2.05, 4.69) is 5.32 Å². The molecular weight excluding hydrogens is 376 g/mol. The first kappa shape index (κ1) is 20.7. The number of para-hydroxylation sites is 1. The van der Waals surface area contributed by atoms with Gasteiger partial charge in [-0.05, 0) is 61.6 Å². The summed E-state index contributed by atoms with van der Waals surface area (Å²) in [5.74, 6) is 2.16. The normalized spacial score (nSPS) is 19.3. The Labute approximate surface area is 179 Å². The van der Waals surface area contributed by atoms with E-state index < -0.39 is 5.60 Å². The van der Waals surface area contributed by atoms with Gasteiger partial charge in [0.05, 0.1) is 5.60 Å². The van der Waals surface area contributed by atoms with Crippen molar-refractivity contribution in [2.24, 2.45) is 5.92 Å². The highest BCUT2D eigenvalue weighted by Gasteiger charge is 2.36. The summed E-state index contributed by atoms with van der Waals surface area (Å²) in [4.78, 5) is 14.5. The van der Waals surface area contributed by atoms with Crippen molar-refractivity contribution in [3.8, 4) is 11.5 Å². The Morgan fingerprint density at radius 1 is 0.967 bits per heavy atom. The molecule has 2 N–H and O–H groups in total. The van der Waals surface area contributed by atoms with Gasteiger partial charge in [0.15, 0.2) is 0 Å². The zero-order valence-corrected chi connectivity index (χ0v) is 17.6. The van der Waals surface area contributed by atoms with Gasteiger partial charge in [0.1, 0.15) is 11.5 Å². The summed E-state index contributed by atoms with van der Waals surface area (Å²) < 4.78 is 5.79. The van der Waals surface area contributed by atoms with Gasteiger partial charge in [-0.1, -0.05) is 50.3 Å². The molecule has 1 saturated heterocycles. The SMILES string of the molecule is O=C(Nc1ccc(Oc2ccccc2)cc1)N1CCC(O)(CC2CCCCC2)CC1. The van der Waals surface area contributed by atoms with Gasteiger partial charge in [-0.3, -0.25) is 0 Å². The molecule has 2 fully saturated rings. The highest BCUT2D eigenvalue weighted by molar-refractivity contribution is 5.89. The molecule has 1 saturated carbocycles. The van der Waals surface area contributed by atoms with Crippen LogP contribution in [0.3, 0.4) is 0 Å². The predicted octanol–water partition coefficient (Wildman–Crippen LogP) is 5.81. The molecule has 5 heteroatoms. The fraction of sp³-hybridized carbons (Fsp3) is 0.480. The Kier molecular flexibility index (Phi) is 6.58. The zero-order valence-electron chi connectivity index (χ0n) is 17.6. The number of piperidine rings is 1. The van der Waals surface area contributed by atoms with E-state index in [0.717, 1.165) is 23.6 Å². The fourth-order valence-corrected chi connectivity index (χ4v) is 4.69. The Hall–Kier alpha value is -2.53. The topological polar surface area (TPSA) is 61.8 Å². The number of carbonyl (C=O) groups is 1. The lowest BCUT2D eigenvalue weighted by Gasteiger charge is -2.40. The highest BCUT2D eigenvalue weighted by Crippen LogP contribution is 2.35. The predicted molar refractivity (Wildman–Crippen MR) is 119 cm³/mol. The van der Waals surface area contributed by atoms with Crippen molar-refractivity contribution in [2.75, 3.05) is 18.4 Å². The molecule has 2 aliphatic rings. The van der Waals surface area contributed by atoms with E-state index >= 15 is 0 Å². The van der Waals surface area contributed by atoms with Gasteiger partial charge in [-0.15, -0.1) is 0 Å². The molecule has 0 aromatic heterocycles. The van der Waals surface area contributed by atoms with Crippen molar-refractivity contribution >= 4 is 11.7 Å². The van der Waals surface area contributed by atoms with Gasteiger partial charge in [-0.25, -0.2) is 4.79 Å². The summed E-state index contributed by atoms with van der Waals surface area (Å²) in [6.45, 7) is 1.20. The van der Waals surface area contributed by atoms with Crippen molar-refractivity contribution in [3.05, 3.63) is 54.6 Å². The molecule has 0 atom stereocenters. The summed E-state index contributed by atoms with van der Waals surface area (Å²) in [5.41, 5.74) is 0.137. The van der Waals surface area contributed by atoms with Crippen LogP contribution in [0.4, 0.5) is 10.5 Å². The van der Waals surface area contributed by atoms with E-state index in [1.807, 2.05) is 59.5 Å². The Balaban J connectivity index is 1.25. The van der Waals surface area contributed by atoms with Crippen LogP contribution >= 0.6 is 0 Å². The minimum absolute atomic E-state index is 0.105. The number of nitrogens with one attached hydrogen (secondary N) is 1. The fourth-order valence-electron chi connectivity index (χ4n) is 4.69. The second kappa shape index (κ2) is 9.52. The number of nitrogens with zero attached hydrogens (tertiary/aromatic N) is 1. The molecule has 0 radical (unpaired) electrons. The number of hydrogen-bond donors (Lipinski definition) is 2. The Bertz CT molecular complexity index is 808. The lowest BCUT2D eigenvalue weighted by Crippen LogP contribution is -2.48. The summed E-state index contributed by atoms with van der Waals surface area (Å²) in [5, 5.41) is 14.0. The number of benzene rings is 2. The number of carbonyl (C=O) groups excluding carboxylic acids is 1. The van der Waals surface area contributed by atoms with Crippen molar-refractivity contribution in [3.63, 3.8) is 0 Å². The Morgan fingerprint density at radius 3 is 2.27 bits per heavy atom. The molecule has 2 aromatic carbocycles. The number of ether oxygens (including phenoxy) is 1. The number of amides is 2. The van der Waals surface area contributed by atoms with E-state index in [0.29, 0.717) is 31.8 Å². The molecule has 0 bridgehead atoms. The van der Waals surface area contributed by atoms with Crippen molar-refractivity contribution in [2.45, 2.75) is 57.0 Å². The first-order chi connectivity index (χ1) is 14.6. The smallest absolute Gasteiger partial charge is 0.321 e. The van der Waals surface area contributed by atoms with Crippen LogP contribution in [0.1, 0.15) is 51.4 Å². The molecule has 2 amide bonds. The standard InChI is InChI=1S/C25H32N2O3/c28-24(26-21-11-13-23(14-12-21)30-22-9-5-2-6-10-22)27-17-15-25(29,16-18-27)19-20-7-3-1-4-8-20/h2,5-6,9-14,20,29H,1,3-4,7-8,15-19H2,(H,26,28). The van der Waals surface area contributed by atoms with Crippen LogP contribution < -0.4 is 10.1 Å². The average molecular weight is 409 g/mol. The van der Waals surface area contributed by atoms with E-state index in [1.54, 1.807) is 0 Å². The quantitative estimate of drug-likeness (QED) is 0.656. The van der Waals surface area contributed by atoms with Gasteiger partial charge in [0.2, 0.25) is 0 Å². The minimum atomic E-state index is -0.602. The van der Waals surface area contributed by atoms with Crippen LogP contribution in [0.25, 0.3) is 0 Å². The highest BCUT2D eigenvalue weighted by atomic mass is 16.5. The molecule has 5 nitrogen and oxygen atoms in total. The van der Waals surface area contributed by atoms with E-state index in [4.69, 9.17) is 4.74 Å². The summed E-state index contributed by atoms with van der Waals surface area (Å²) in [6, 6.07) is 16.9. The van der Waals surface area contributed by atoms with Crippen LogP contribution in [-0.2, 0) is 0 Å². The average Bonchev–Trinajstić information content (AvgIpc) is 2.77. The third-order valence-electron chi connectivity index (χ3n) is 6.46. The molecule has 4 rings (SSSR count). The largest absolute Gasteiger partial charge is 0.457 e. The monoisotopic (exact) mass is 408 g/mol. The van der Waals surface area contributed by atoms with Gasteiger partial charge >= 0.3 is 6.03 Å². The second-order valence-electron chi connectivity index (χ2n) is 8.79. The first-order valence-electron chi connectivity index (χ1n) is 11.2. The lowest BCUT2D eigenvalue weighted by molar-refractivity contribution is -0.0337. The maximum Gasteiger partial charge on any atom is 0.321 e. The maximum atomic E-state index is 12.6. The maximum absolute atomic E-state index is 12.6. The summed E-state index contributed by atoms with van der Waals surface area (Å²) >= 11 is 0. The third-order valence-corrected chi connectivity index (χ3v) is 6.46. The minimum Gasteiger partial charge on any atom is -0.457 e. The van der Waals surface area contributed by atoms with Crippen molar-refractivity contribution in [1.29, 1.82) is 0 Å². The van der Waals surface area contributed by atoms with Gasteiger partial charge in [0.25, 0.3) is 0 Å². The van der Waals surface area contributed by atoms with Crippen molar-refractivity contribution in [1.82, 2.24) is 4.90 Å². The van der Waals surface area contributed by atoms with Crippen LogP contribution in [-0.4, -0.2) is 34.7 Å². The summed E-state index contributed by atoms with van der Waals surface area (Å²) in [7, 11) is 0. The molecular formula is C25H32N2O3. The molecule has 0 spiro atoms. The third kappa shape index (κ3) is 5.54. The number of anilines is 1. The van der Waals surface area contributed by atoms with E-state index in [-0.39, 0.29) is 6.03 Å². The lowest BCUT2D eigenvalue weighted by atomic mass is 9.77. The van der Waals surface area contributed by atoms with Gasteiger partial charge in [0, 0.05) is 18.8 Å².